The van der Waals surface area contributed by atoms with E-state index in [2.05, 4.69) is 34.5 Å². The van der Waals surface area contributed by atoms with E-state index >= 15 is 0 Å². The van der Waals surface area contributed by atoms with Crippen molar-refractivity contribution < 1.29 is 37.4 Å². The molecule has 2 aromatic heterocycles. The molecule has 2 aliphatic heterocycles. The number of likely N-dealkylation sites (tertiary alicyclic amines) is 2. The minimum absolute atomic E-state index is 0.0331. The van der Waals surface area contributed by atoms with E-state index in [4.69, 9.17) is 27.8 Å². The van der Waals surface area contributed by atoms with E-state index in [1.165, 1.54) is 14.2 Å². The monoisotopic (exact) mass is 842 g/mol. The van der Waals surface area contributed by atoms with Crippen LogP contribution >= 0.6 is 0 Å². The average Bonchev–Trinajstić information content (AvgIpc) is 3.27. The first-order valence-corrected chi connectivity index (χ1v) is 20.7. The Morgan fingerprint density at radius 3 is 1.31 bits per heavy atom. The number of amides is 2. The lowest BCUT2D eigenvalue weighted by atomic mass is 9.98. The first kappa shape index (κ1) is 42.1. The molecule has 0 spiro atoms. The Morgan fingerprint density at radius 1 is 0.565 bits per heavy atom. The molecule has 6 aromatic rings. The lowest BCUT2D eigenvalue weighted by molar-refractivity contribution is 0.101. The molecule has 322 valence electrons. The Labute approximate surface area is 358 Å². The van der Waals surface area contributed by atoms with Crippen LogP contribution in [0.5, 0.6) is 23.0 Å². The van der Waals surface area contributed by atoms with Crippen LogP contribution in [-0.4, -0.2) is 88.3 Å². The second kappa shape index (κ2) is 17.8. The summed E-state index contributed by atoms with van der Waals surface area (Å²) in [6.45, 7) is 7.51. The molecule has 2 N–H and O–H groups in total. The molecule has 2 fully saturated rings. The largest absolute Gasteiger partial charge is 0.496 e. The smallest absolute Gasteiger partial charge is 0.360 e. The van der Waals surface area contributed by atoms with Gasteiger partial charge in [0.15, 0.2) is 0 Å². The van der Waals surface area contributed by atoms with Crippen molar-refractivity contribution in [1.29, 1.82) is 0 Å². The van der Waals surface area contributed by atoms with E-state index in [1.807, 2.05) is 38.1 Å². The summed E-state index contributed by atoms with van der Waals surface area (Å²) < 4.78 is 35.4. The first-order valence-electron chi connectivity index (χ1n) is 20.7. The quantitative estimate of drug-likeness (QED) is 0.123. The minimum atomic E-state index is -0.711. The number of nitrogens with zero attached hydrogens (tertiary/aromatic N) is 2. The molecule has 2 amide bonds. The number of anilines is 2. The maximum absolute atomic E-state index is 13.8. The Bertz CT molecular complexity index is 2610. The lowest BCUT2D eigenvalue weighted by Gasteiger charge is -2.29. The zero-order valence-electron chi connectivity index (χ0n) is 35.7. The summed E-state index contributed by atoms with van der Waals surface area (Å²) in [5.74, 6) is 0.943. The number of nitrogens with one attached hydrogen (secondary N) is 2. The van der Waals surface area contributed by atoms with Gasteiger partial charge >= 0.3 is 11.3 Å². The minimum Gasteiger partial charge on any atom is -0.496 e. The fraction of sp³-hybridized carbons (Fsp3) is 0.333. The van der Waals surface area contributed by atoms with E-state index in [9.17, 15) is 19.2 Å². The molecule has 2 aliphatic rings. The van der Waals surface area contributed by atoms with Crippen molar-refractivity contribution in [2.75, 3.05) is 65.1 Å². The van der Waals surface area contributed by atoms with Crippen molar-refractivity contribution in [2.45, 2.75) is 51.7 Å². The average molecular weight is 843 g/mol. The molecule has 14 heteroatoms. The molecule has 0 aliphatic carbocycles. The molecule has 0 bridgehead atoms. The van der Waals surface area contributed by atoms with Crippen LogP contribution in [-0.2, 0) is 0 Å². The van der Waals surface area contributed by atoms with E-state index in [1.54, 1.807) is 48.5 Å². The third-order valence-electron chi connectivity index (χ3n) is 11.8. The summed E-state index contributed by atoms with van der Waals surface area (Å²) in [6, 6.07) is 20.0. The number of ether oxygens (including phenoxy) is 4. The summed E-state index contributed by atoms with van der Waals surface area (Å²) >= 11 is 0. The highest BCUT2D eigenvalue weighted by molar-refractivity contribution is 6.07. The van der Waals surface area contributed by atoms with E-state index in [0.717, 1.165) is 51.9 Å². The van der Waals surface area contributed by atoms with E-state index < -0.39 is 23.1 Å². The van der Waals surface area contributed by atoms with Crippen LogP contribution in [0.2, 0.25) is 0 Å². The number of rotatable bonds is 11. The number of carbonyl (C=O) groups is 2. The predicted octanol–water partition coefficient (Wildman–Crippen LogP) is 7.65. The first-order chi connectivity index (χ1) is 29.9. The molecule has 2 saturated heterocycles. The summed E-state index contributed by atoms with van der Waals surface area (Å²) in [7, 11) is 7.15. The number of hydrogen-bond donors (Lipinski definition) is 2. The molecule has 4 heterocycles. The molecule has 62 heavy (non-hydrogen) atoms. The Balaban J connectivity index is 1.02. The molecule has 0 saturated carbocycles. The van der Waals surface area contributed by atoms with Gasteiger partial charge in [0, 0.05) is 70.3 Å². The van der Waals surface area contributed by atoms with Gasteiger partial charge in [0.2, 0.25) is 0 Å². The Kier molecular flexibility index (Phi) is 12.0. The molecular weight excluding hydrogens is 793 g/mol. The normalized spacial score (nSPS) is 15.4. The van der Waals surface area contributed by atoms with Gasteiger partial charge in [-0.25, -0.2) is 9.59 Å². The van der Waals surface area contributed by atoms with Gasteiger partial charge in [0.05, 0.1) is 14.2 Å². The van der Waals surface area contributed by atoms with Crippen LogP contribution in [0.3, 0.4) is 0 Å². The van der Waals surface area contributed by atoms with Gasteiger partial charge < -0.3 is 48.2 Å². The summed E-state index contributed by atoms with van der Waals surface area (Å²) in [5, 5.41) is 6.66. The fourth-order valence-corrected chi connectivity index (χ4v) is 8.11. The molecular formula is C48H50N4O10. The topological polar surface area (TPSA) is 162 Å². The van der Waals surface area contributed by atoms with Gasteiger partial charge in [-0.15, -0.1) is 0 Å². The number of aryl methyl sites for hydroxylation is 2. The van der Waals surface area contributed by atoms with Crippen molar-refractivity contribution in [3.63, 3.8) is 0 Å². The highest BCUT2D eigenvalue weighted by atomic mass is 16.5. The summed E-state index contributed by atoms with van der Waals surface area (Å²) in [5.41, 5.74) is 1.96. The lowest BCUT2D eigenvalue weighted by Crippen LogP contribution is -2.35. The number of benzene rings is 4. The van der Waals surface area contributed by atoms with E-state index in [0.29, 0.717) is 67.2 Å². The third-order valence-corrected chi connectivity index (χ3v) is 11.8. The van der Waals surface area contributed by atoms with Gasteiger partial charge in [0.25, 0.3) is 11.8 Å². The Hall–Kier alpha value is -6.64. The van der Waals surface area contributed by atoms with Gasteiger partial charge in [0.1, 0.15) is 57.7 Å². The van der Waals surface area contributed by atoms with Crippen LogP contribution in [0.1, 0.15) is 57.5 Å². The molecule has 0 unspecified atom stereocenters. The maximum atomic E-state index is 13.8. The molecule has 0 atom stereocenters. The predicted molar refractivity (Wildman–Crippen MR) is 238 cm³/mol. The Morgan fingerprint density at radius 2 is 0.935 bits per heavy atom. The van der Waals surface area contributed by atoms with Gasteiger partial charge in [-0.2, -0.15) is 0 Å². The second-order valence-corrected chi connectivity index (χ2v) is 16.1. The molecule has 14 nitrogen and oxygen atoms in total. The van der Waals surface area contributed by atoms with E-state index in [-0.39, 0.29) is 34.7 Å². The van der Waals surface area contributed by atoms with Crippen LogP contribution < -0.4 is 40.8 Å². The number of methoxy groups -OCH3 is 2. The molecule has 8 rings (SSSR count). The highest BCUT2D eigenvalue weighted by Gasteiger charge is 2.24. The van der Waals surface area contributed by atoms with Crippen molar-refractivity contribution >= 4 is 45.1 Å². The van der Waals surface area contributed by atoms with Gasteiger partial charge in [-0.3, -0.25) is 9.59 Å². The van der Waals surface area contributed by atoms with Gasteiger partial charge in [-0.05, 0) is 126 Å². The second-order valence-electron chi connectivity index (χ2n) is 16.1. The van der Waals surface area contributed by atoms with Crippen molar-refractivity contribution in [3.8, 4) is 34.1 Å². The maximum Gasteiger partial charge on any atom is 0.360 e. The highest BCUT2D eigenvalue weighted by Crippen LogP contribution is 2.39. The van der Waals surface area contributed by atoms with Crippen molar-refractivity contribution in [3.05, 3.63) is 116 Å². The molecule has 0 radical (unpaired) electrons. The SMILES string of the molecule is COc1ccc(C(=O)Nc2cc3ccc(OC4CCN(C)CC4)c(C)c3oc2=O)cc1-c1cc(C(=O)Nc2cc3ccc(OC4CCN(C)CC4)c(C)c3oc2=O)ccc1OC. The number of carbonyl (C=O) groups excluding carboxylic acids is 2. The van der Waals surface area contributed by atoms with Crippen LogP contribution in [0.4, 0.5) is 11.4 Å². The van der Waals surface area contributed by atoms with Crippen LogP contribution in [0.25, 0.3) is 33.1 Å². The van der Waals surface area contributed by atoms with Crippen LogP contribution in [0, 0.1) is 13.8 Å². The summed E-state index contributed by atoms with van der Waals surface area (Å²) in [6.07, 6.45) is 3.79. The zero-order valence-corrected chi connectivity index (χ0v) is 35.7. The standard InChI is InChI=1S/C48H50N4O10/c1-27-39(59-33-15-19-51(3)20-16-33)11-7-29-25-37(47(55)61-43(27)29)49-45(53)31-9-13-41(57-5)35(23-31)36-24-32(10-14-42(36)58-6)46(54)50-38-26-30-8-12-40(28(2)44(30)62-48(38)56)60-34-17-21-52(4)22-18-34/h7-14,23-26,33-34H,15-22H2,1-6H3,(H,49,53)(H,50,54). The fourth-order valence-electron chi connectivity index (χ4n) is 8.11. The zero-order chi connectivity index (χ0) is 43.7. The number of hydrogen-bond acceptors (Lipinski definition) is 12. The number of fused-ring (bicyclic) bond motifs is 2. The van der Waals surface area contributed by atoms with Crippen molar-refractivity contribution in [1.82, 2.24) is 9.80 Å². The van der Waals surface area contributed by atoms with Crippen molar-refractivity contribution in [2.24, 2.45) is 0 Å². The number of piperidine rings is 2. The third kappa shape index (κ3) is 8.74. The van der Waals surface area contributed by atoms with Gasteiger partial charge in [-0.1, -0.05) is 0 Å². The molecule has 4 aromatic carbocycles. The summed E-state index contributed by atoms with van der Waals surface area (Å²) in [4.78, 5) is 58.5. The van der Waals surface area contributed by atoms with Crippen LogP contribution in [0.15, 0.2) is 91.2 Å².